The number of aliphatic hydroxyl groups is 2. The van der Waals surface area contributed by atoms with Gasteiger partial charge in [0.15, 0.2) is 0 Å². The Morgan fingerprint density at radius 1 is 1.33 bits per heavy atom. The fourth-order valence-electron chi connectivity index (χ4n) is 0.479. The first-order chi connectivity index (χ1) is 4.26. The highest BCUT2D eigenvalue weighted by molar-refractivity contribution is 4.65. The van der Waals surface area contributed by atoms with Crippen LogP contribution in [0.3, 0.4) is 0 Å². The molecule has 0 aliphatic carbocycles. The van der Waals surface area contributed by atoms with Crippen molar-refractivity contribution in [2.24, 2.45) is 5.92 Å². The molecule has 0 aliphatic heterocycles. The van der Waals surface area contributed by atoms with Crippen molar-refractivity contribution >= 4 is 0 Å². The fourth-order valence-corrected chi connectivity index (χ4v) is 0.479. The van der Waals surface area contributed by atoms with Gasteiger partial charge in [-0.15, -0.1) is 0 Å². The van der Waals surface area contributed by atoms with Crippen LogP contribution in [0.5, 0.6) is 0 Å². The summed E-state index contributed by atoms with van der Waals surface area (Å²) in [6.07, 6.45) is 0. The molecule has 0 bridgehead atoms. The molecule has 56 valence electrons. The van der Waals surface area contributed by atoms with Crippen LogP contribution >= 0.6 is 0 Å². The minimum atomic E-state index is -0.282. The van der Waals surface area contributed by atoms with E-state index in [2.05, 4.69) is 0 Å². The van der Waals surface area contributed by atoms with E-state index < -0.39 is 0 Å². The standard InChI is InChI=1S/C5H13NO3/c1-4(6-9)5(2-7)3-8/h4-9H,2-3H2,1H3. The van der Waals surface area contributed by atoms with Gasteiger partial charge in [0.05, 0.1) is 0 Å². The molecule has 0 fully saturated rings. The largest absolute Gasteiger partial charge is 0.396 e. The number of nitrogens with one attached hydrogen (secondary N) is 1. The zero-order valence-electron chi connectivity index (χ0n) is 5.41. The Morgan fingerprint density at radius 2 is 1.78 bits per heavy atom. The Kier molecular flexibility index (Phi) is 4.61. The van der Waals surface area contributed by atoms with Gasteiger partial charge in [-0.1, -0.05) is 0 Å². The Bertz CT molecular complexity index is 65.2. The van der Waals surface area contributed by atoms with Crippen molar-refractivity contribution in [1.29, 1.82) is 0 Å². The first kappa shape index (κ1) is 8.84. The molecule has 0 saturated heterocycles. The van der Waals surface area contributed by atoms with E-state index in [1.165, 1.54) is 0 Å². The van der Waals surface area contributed by atoms with Gasteiger partial charge in [0.1, 0.15) is 0 Å². The van der Waals surface area contributed by atoms with Crippen molar-refractivity contribution in [3.8, 4) is 0 Å². The van der Waals surface area contributed by atoms with Crippen molar-refractivity contribution in [1.82, 2.24) is 5.48 Å². The van der Waals surface area contributed by atoms with Crippen molar-refractivity contribution in [3.05, 3.63) is 0 Å². The number of hydroxylamine groups is 1. The summed E-state index contributed by atoms with van der Waals surface area (Å²) >= 11 is 0. The van der Waals surface area contributed by atoms with Gasteiger partial charge in [0, 0.05) is 25.2 Å². The van der Waals surface area contributed by atoms with Crippen LogP contribution in [0.25, 0.3) is 0 Å². The predicted octanol–water partition coefficient (Wildman–Crippen LogP) is -1.05. The van der Waals surface area contributed by atoms with E-state index in [1.54, 1.807) is 6.92 Å². The fraction of sp³-hybridized carbons (Fsp3) is 1.00. The van der Waals surface area contributed by atoms with Gasteiger partial charge in [-0.05, 0) is 6.92 Å². The molecule has 4 heteroatoms. The van der Waals surface area contributed by atoms with E-state index in [-0.39, 0.29) is 25.2 Å². The third-order valence-electron chi connectivity index (χ3n) is 1.38. The minimum Gasteiger partial charge on any atom is -0.396 e. The van der Waals surface area contributed by atoms with Crippen LogP contribution in [0.1, 0.15) is 6.92 Å². The highest BCUT2D eigenvalue weighted by atomic mass is 16.5. The first-order valence-electron chi connectivity index (χ1n) is 2.87. The smallest absolute Gasteiger partial charge is 0.0496 e. The van der Waals surface area contributed by atoms with E-state index in [0.29, 0.717) is 0 Å². The lowest BCUT2D eigenvalue weighted by molar-refractivity contribution is 0.0543. The second-order valence-corrected chi connectivity index (χ2v) is 2.04. The topological polar surface area (TPSA) is 72.7 Å². The van der Waals surface area contributed by atoms with Gasteiger partial charge < -0.3 is 15.4 Å². The second-order valence-electron chi connectivity index (χ2n) is 2.04. The summed E-state index contributed by atoms with van der Waals surface area (Å²) in [6.45, 7) is 1.44. The molecular formula is C5H13NO3. The van der Waals surface area contributed by atoms with Gasteiger partial charge in [0.25, 0.3) is 0 Å². The van der Waals surface area contributed by atoms with Crippen molar-refractivity contribution in [3.63, 3.8) is 0 Å². The first-order valence-corrected chi connectivity index (χ1v) is 2.87. The van der Waals surface area contributed by atoms with E-state index in [9.17, 15) is 0 Å². The van der Waals surface area contributed by atoms with Crippen LogP contribution < -0.4 is 5.48 Å². The summed E-state index contributed by atoms with van der Waals surface area (Å²) < 4.78 is 0. The number of hydrogen-bond acceptors (Lipinski definition) is 4. The minimum absolute atomic E-state index is 0.120. The van der Waals surface area contributed by atoms with Crippen LogP contribution in [0.2, 0.25) is 0 Å². The van der Waals surface area contributed by atoms with E-state index in [4.69, 9.17) is 15.4 Å². The normalized spacial score (nSPS) is 14.3. The van der Waals surface area contributed by atoms with Gasteiger partial charge >= 0.3 is 0 Å². The van der Waals surface area contributed by atoms with E-state index in [1.807, 2.05) is 5.48 Å². The van der Waals surface area contributed by atoms with Gasteiger partial charge in [-0.25, -0.2) is 5.48 Å². The van der Waals surface area contributed by atoms with E-state index in [0.717, 1.165) is 0 Å². The molecule has 1 unspecified atom stereocenters. The lowest BCUT2D eigenvalue weighted by atomic mass is 10.1. The second kappa shape index (κ2) is 4.69. The van der Waals surface area contributed by atoms with Gasteiger partial charge in [-0.3, -0.25) is 0 Å². The average molecular weight is 135 g/mol. The Hall–Kier alpha value is -0.160. The maximum absolute atomic E-state index is 8.52. The summed E-state index contributed by atoms with van der Waals surface area (Å²) in [4.78, 5) is 0. The van der Waals surface area contributed by atoms with Crippen molar-refractivity contribution < 1.29 is 15.4 Å². The zero-order chi connectivity index (χ0) is 7.28. The molecule has 0 aromatic carbocycles. The molecule has 0 spiro atoms. The molecule has 9 heavy (non-hydrogen) atoms. The zero-order valence-corrected chi connectivity index (χ0v) is 5.41. The van der Waals surface area contributed by atoms with Crippen LogP contribution in [0, 0.1) is 5.92 Å². The van der Waals surface area contributed by atoms with Gasteiger partial charge in [0.2, 0.25) is 0 Å². The molecule has 0 aromatic rings. The van der Waals surface area contributed by atoms with Crippen LogP contribution in [0.4, 0.5) is 0 Å². The van der Waals surface area contributed by atoms with Crippen molar-refractivity contribution in [2.75, 3.05) is 13.2 Å². The van der Waals surface area contributed by atoms with Crippen LogP contribution in [-0.2, 0) is 0 Å². The average Bonchev–Trinajstić information content (AvgIpc) is 1.90. The Morgan fingerprint density at radius 3 is 1.89 bits per heavy atom. The van der Waals surface area contributed by atoms with Crippen molar-refractivity contribution in [2.45, 2.75) is 13.0 Å². The number of aliphatic hydroxyl groups excluding tert-OH is 2. The molecule has 0 heterocycles. The Balaban J connectivity index is 3.50. The SMILES string of the molecule is CC(NO)C(CO)CO. The molecular weight excluding hydrogens is 122 g/mol. The number of rotatable bonds is 4. The molecule has 4 N–H and O–H groups in total. The summed E-state index contributed by atoms with van der Waals surface area (Å²) in [5.74, 6) is -0.282. The van der Waals surface area contributed by atoms with Crippen LogP contribution in [0.15, 0.2) is 0 Å². The van der Waals surface area contributed by atoms with E-state index >= 15 is 0 Å². The summed E-state index contributed by atoms with van der Waals surface area (Å²) in [5.41, 5.74) is 1.95. The molecule has 0 aromatic heterocycles. The molecule has 1 atom stereocenters. The molecule has 0 rings (SSSR count). The summed E-state index contributed by atoms with van der Waals surface area (Å²) in [6, 6.07) is -0.264. The van der Waals surface area contributed by atoms with Crippen LogP contribution in [-0.4, -0.2) is 34.7 Å². The molecule has 0 saturated carbocycles. The Labute approximate surface area is 54.1 Å². The molecule has 0 amide bonds. The lowest BCUT2D eigenvalue weighted by Gasteiger charge is -2.16. The molecule has 4 nitrogen and oxygen atoms in total. The predicted molar refractivity (Wildman–Crippen MR) is 32.0 cm³/mol. The monoisotopic (exact) mass is 135 g/mol. The van der Waals surface area contributed by atoms with Gasteiger partial charge in [-0.2, -0.15) is 0 Å². The summed E-state index contributed by atoms with van der Waals surface area (Å²) in [5, 5.41) is 25.3. The third kappa shape index (κ3) is 2.76. The molecule has 0 aliphatic rings. The highest BCUT2D eigenvalue weighted by Gasteiger charge is 2.13. The quantitative estimate of drug-likeness (QED) is 0.371. The molecule has 0 radical (unpaired) electrons. The maximum atomic E-state index is 8.52. The third-order valence-corrected chi connectivity index (χ3v) is 1.38. The number of hydrogen-bond donors (Lipinski definition) is 4. The summed E-state index contributed by atoms with van der Waals surface area (Å²) in [7, 11) is 0. The maximum Gasteiger partial charge on any atom is 0.0496 e. The highest BCUT2D eigenvalue weighted by Crippen LogP contribution is 1.99. The lowest BCUT2D eigenvalue weighted by Crippen LogP contribution is -2.35.